The maximum absolute atomic E-state index is 12.1. The summed E-state index contributed by atoms with van der Waals surface area (Å²) >= 11 is 5.89. The second-order valence-corrected chi connectivity index (χ2v) is 6.95. The summed E-state index contributed by atoms with van der Waals surface area (Å²) in [6, 6.07) is 4.94. The number of aryl methyl sites for hydroxylation is 1. The van der Waals surface area contributed by atoms with Gasteiger partial charge in [0.05, 0.1) is 22.6 Å². The van der Waals surface area contributed by atoms with Crippen LogP contribution in [0.3, 0.4) is 0 Å². The third kappa shape index (κ3) is 4.38. The predicted molar refractivity (Wildman–Crippen MR) is 86.7 cm³/mol. The van der Waals surface area contributed by atoms with Gasteiger partial charge in [0.15, 0.2) is 0 Å². The van der Waals surface area contributed by atoms with Crippen LogP contribution in [0.5, 0.6) is 0 Å². The van der Waals surface area contributed by atoms with Gasteiger partial charge in [0.2, 0.25) is 15.8 Å². The van der Waals surface area contributed by atoms with Crippen LogP contribution in [-0.4, -0.2) is 27.5 Å². The summed E-state index contributed by atoms with van der Waals surface area (Å²) in [5.41, 5.74) is 0.358. The van der Waals surface area contributed by atoms with Gasteiger partial charge >= 0.3 is 11.9 Å². The van der Waals surface area contributed by atoms with E-state index in [1.165, 1.54) is 25.3 Å². The van der Waals surface area contributed by atoms with Crippen LogP contribution in [0.15, 0.2) is 33.6 Å². The molecule has 0 fully saturated rings. The van der Waals surface area contributed by atoms with Gasteiger partial charge in [-0.15, -0.1) is 0 Å². The highest BCUT2D eigenvalue weighted by atomic mass is 35.5. The highest BCUT2D eigenvalue weighted by molar-refractivity contribution is 7.89. The minimum absolute atomic E-state index is 0.00260. The second kappa shape index (κ2) is 7.26. The Hall–Kier alpha value is -2.36. The van der Waals surface area contributed by atoms with Gasteiger partial charge in [0, 0.05) is 5.56 Å². The minimum Gasteiger partial charge on any atom is -0.463 e. The molecule has 0 aliphatic heterocycles. The number of halogens is 1. The lowest BCUT2D eigenvalue weighted by Crippen LogP contribution is -2.14. The largest absolute Gasteiger partial charge is 0.463 e. The van der Waals surface area contributed by atoms with Crippen LogP contribution in [0.4, 0.5) is 0 Å². The van der Waals surface area contributed by atoms with Crippen LogP contribution in [-0.2, 0) is 26.1 Å². The van der Waals surface area contributed by atoms with Gasteiger partial charge < -0.3 is 13.9 Å². The molecule has 0 aliphatic carbocycles. The first-order chi connectivity index (χ1) is 11.6. The zero-order valence-corrected chi connectivity index (χ0v) is 14.8. The number of benzene rings is 1. The summed E-state index contributed by atoms with van der Waals surface area (Å²) in [6.45, 7) is 1.35. The van der Waals surface area contributed by atoms with Gasteiger partial charge in [0.1, 0.15) is 12.4 Å². The van der Waals surface area contributed by atoms with E-state index in [2.05, 4.69) is 4.74 Å². The molecule has 8 nitrogen and oxygen atoms in total. The number of ether oxygens (including phenoxy) is 2. The third-order valence-electron chi connectivity index (χ3n) is 3.17. The maximum Gasteiger partial charge on any atom is 0.374 e. The van der Waals surface area contributed by atoms with Crippen molar-refractivity contribution < 1.29 is 31.9 Å². The number of primary sulfonamides is 1. The zero-order chi connectivity index (χ0) is 18.8. The first-order valence-electron chi connectivity index (χ1n) is 6.80. The fourth-order valence-corrected chi connectivity index (χ4v) is 2.70. The number of rotatable bonds is 5. The molecule has 1 aromatic carbocycles. The van der Waals surface area contributed by atoms with Crippen molar-refractivity contribution in [2.75, 3.05) is 7.11 Å². The van der Waals surface area contributed by atoms with Crippen molar-refractivity contribution in [1.29, 1.82) is 0 Å². The zero-order valence-electron chi connectivity index (χ0n) is 13.2. The molecule has 10 heteroatoms. The van der Waals surface area contributed by atoms with E-state index in [0.717, 1.165) is 6.07 Å². The van der Waals surface area contributed by atoms with E-state index >= 15 is 0 Å². The van der Waals surface area contributed by atoms with Gasteiger partial charge in [-0.2, -0.15) is 0 Å². The van der Waals surface area contributed by atoms with Crippen molar-refractivity contribution >= 4 is 33.6 Å². The number of carbonyl (C=O) groups excluding carboxylic acids is 2. The fourth-order valence-electron chi connectivity index (χ4n) is 1.97. The van der Waals surface area contributed by atoms with E-state index in [0.29, 0.717) is 5.56 Å². The molecule has 0 bridgehead atoms. The van der Waals surface area contributed by atoms with E-state index in [1.54, 1.807) is 6.92 Å². The quantitative estimate of drug-likeness (QED) is 0.777. The fraction of sp³-hybridized carbons (Fsp3) is 0.200. The lowest BCUT2D eigenvalue weighted by Gasteiger charge is -2.06. The van der Waals surface area contributed by atoms with Gasteiger partial charge in [-0.3, -0.25) is 0 Å². The van der Waals surface area contributed by atoms with Crippen LogP contribution >= 0.6 is 11.6 Å². The first-order valence-corrected chi connectivity index (χ1v) is 8.73. The van der Waals surface area contributed by atoms with Gasteiger partial charge in [0.25, 0.3) is 0 Å². The molecule has 2 N–H and O–H groups in total. The lowest BCUT2D eigenvalue weighted by atomic mass is 10.2. The number of nitrogens with two attached hydrogens (primary N) is 1. The molecule has 2 aromatic rings. The summed E-state index contributed by atoms with van der Waals surface area (Å²) < 4.78 is 37.6. The summed E-state index contributed by atoms with van der Waals surface area (Å²) in [7, 11) is -2.78. The van der Waals surface area contributed by atoms with Crippen LogP contribution in [0.1, 0.15) is 32.2 Å². The Kier molecular flexibility index (Phi) is 5.51. The summed E-state index contributed by atoms with van der Waals surface area (Å²) in [5, 5.41) is 5.02. The van der Waals surface area contributed by atoms with Crippen molar-refractivity contribution in [3.63, 3.8) is 0 Å². The molecule has 0 atom stereocenters. The Balaban J connectivity index is 2.17. The highest BCUT2D eigenvalue weighted by Gasteiger charge is 2.19. The molecule has 2 rings (SSSR count). The lowest BCUT2D eigenvalue weighted by molar-refractivity contribution is 0.0438. The topological polar surface area (TPSA) is 126 Å². The maximum atomic E-state index is 12.1. The van der Waals surface area contributed by atoms with Crippen molar-refractivity contribution in [2.45, 2.75) is 18.4 Å². The molecule has 1 heterocycles. The number of hydrogen-bond acceptors (Lipinski definition) is 7. The van der Waals surface area contributed by atoms with E-state index in [-0.39, 0.29) is 33.6 Å². The summed E-state index contributed by atoms with van der Waals surface area (Å²) in [4.78, 5) is 23.3. The predicted octanol–water partition coefficient (Wildman–Crippen LogP) is 2.03. The van der Waals surface area contributed by atoms with E-state index < -0.39 is 22.0 Å². The minimum atomic E-state index is -3.99. The van der Waals surface area contributed by atoms with Crippen molar-refractivity contribution in [3.8, 4) is 0 Å². The summed E-state index contributed by atoms with van der Waals surface area (Å²) in [5.74, 6) is -1.31. The smallest absolute Gasteiger partial charge is 0.374 e. The van der Waals surface area contributed by atoms with Crippen molar-refractivity contribution in [2.24, 2.45) is 5.14 Å². The number of furan rings is 1. The average Bonchev–Trinajstić information content (AvgIpc) is 2.92. The number of hydrogen-bond donors (Lipinski definition) is 1. The van der Waals surface area contributed by atoms with Crippen LogP contribution < -0.4 is 5.14 Å². The van der Waals surface area contributed by atoms with Crippen LogP contribution in [0, 0.1) is 6.92 Å². The molecule has 0 saturated carbocycles. The highest BCUT2D eigenvalue weighted by Crippen LogP contribution is 2.22. The van der Waals surface area contributed by atoms with Crippen molar-refractivity contribution in [3.05, 3.63) is 51.9 Å². The second-order valence-electron chi connectivity index (χ2n) is 4.98. The van der Waals surface area contributed by atoms with Gasteiger partial charge in [-0.1, -0.05) is 11.6 Å². The number of esters is 2. The molecule has 25 heavy (non-hydrogen) atoms. The Labute approximate surface area is 148 Å². The molecular formula is C15H14ClNO7S. The molecule has 0 spiro atoms. The first kappa shape index (κ1) is 19.0. The number of sulfonamides is 1. The van der Waals surface area contributed by atoms with E-state index in [1.807, 2.05) is 0 Å². The number of methoxy groups -OCH3 is 1. The monoisotopic (exact) mass is 387 g/mol. The molecule has 0 saturated heterocycles. The molecule has 134 valence electrons. The third-order valence-corrected chi connectivity index (χ3v) is 4.41. The molecule has 0 aliphatic rings. The average molecular weight is 388 g/mol. The van der Waals surface area contributed by atoms with Crippen molar-refractivity contribution in [1.82, 2.24) is 0 Å². The standard InChI is InChI=1S/C15H14ClNO7S/c1-8-5-9(24-13(8)15(19)22-2)7-23-14(18)11-6-10(25(17,20)21)3-4-12(11)16/h3-6H,7H2,1-2H3,(H2,17,20,21). The normalized spacial score (nSPS) is 11.2. The Morgan fingerprint density at radius 2 is 1.92 bits per heavy atom. The van der Waals surface area contributed by atoms with Gasteiger partial charge in [-0.05, 0) is 31.2 Å². The van der Waals surface area contributed by atoms with Crippen LogP contribution in [0.2, 0.25) is 5.02 Å². The molecule has 1 aromatic heterocycles. The molecular weight excluding hydrogens is 374 g/mol. The van der Waals surface area contributed by atoms with E-state index in [4.69, 9.17) is 25.9 Å². The summed E-state index contributed by atoms with van der Waals surface area (Å²) in [6.07, 6.45) is 0. The molecule has 0 radical (unpaired) electrons. The number of carbonyl (C=O) groups is 2. The Morgan fingerprint density at radius 3 is 2.52 bits per heavy atom. The SMILES string of the molecule is COC(=O)c1oc(COC(=O)c2cc(S(N)(=O)=O)ccc2Cl)cc1C. The van der Waals surface area contributed by atoms with Crippen LogP contribution in [0.25, 0.3) is 0 Å². The molecule has 0 amide bonds. The van der Waals surface area contributed by atoms with E-state index in [9.17, 15) is 18.0 Å². The Morgan fingerprint density at radius 1 is 1.24 bits per heavy atom. The van der Waals surface area contributed by atoms with Gasteiger partial charge in [-0.25, -0.2) is 23.1 Å². The molecule has 0 unspecified atom stereocenters. The Bertz CT molecular complexity index is 933.